The highest BCUT2D eigenvalue weighted by Crippen LogP contribution is 2.43. The second-order valence-electron chi connectivity index (χ2n) is 6.94. The molecule has 0 heterocycles. The van der Waals surface area contributed by atoms with Crippen molar-refractivity contribution in [2.24, 2.45) is 17.3 Å². The van der Waals surface area contributed by atoms with Crippen LogP contribution in [0.15, 0.2) is 0 Å². The van der Waals surface area contributed by atoms with E-state index in [2.05, 4.69) is 27.7 Å². The number of hydrogen-bond donors (Lipinski definition) is 2. The Hall–Kier alpha value is -1.06. The van der Waals surface area contributed by atoms with Gasteiger partial charge in [0.25, 0.3) is 0 Å². The van der Waals surface area contributed by atoms with Gasteiger partial charge in [-0.3, -0.25) is 9.59 Å². The maximum atomic E-state index is 10.7. The van der Waals surface area contributed by atoms with E-state index in [1.54, 1.807) is 0 Å². The van der Waals surface area contributed by atoms with E-state index in [4.69, 9.17) is 10.2 Å². The summed E-state index contributed by atoms with van der Waals surface area (Å²) in [6.07, 6.45) is 5.69. The predicted octanol–water partition coefficient (Wildman–Crippen LogP) is 4.57. The van der Waals surface area contributed by atoms with Crippen LogP contribution in [0.4, 0.5) is 0 Å². The molecule has 0 saturated heterocycles. The van der Waals surface area contributed by atoms with Crippen molar-refractivity contribution in [3.8, 4) is 0 Å². The maximum Gasteiger partial charge on any atom is 0.303 e. The minimum atomic E-state index is -0.748. The summed E-state index contributed by atoms with van der Waals surface area (Å²) in [7, 11) is 0. The molecule has 124 valence electrons. The molecule has 0 saturated carbocycles. The quantitative estimate of drug-likeness (QED) is 0.553. The number of carboxylic acids is 2. The van der Waals surface area contributed by atoms with Crippen LogP contribution >= 0.6 is 0 Å². The minimum Gasteiger partial charge on any atom is -0.481 e. The molecule has 0 rings (SSSR count). The Morgan fingerprint density at radius 3 is 1.57 bits per heavy atom. The lowest BCUT2D eigenvalue weighted by molar-refractivity contribution is -0.138. The van der Waals surface area contributed by atoms with Crippen molar-refractivity contribution in [2.75, 3.05) is 0 Å². The van der Waals surface area contributed by atoms with E-state index in [1.807, 2.05) is 0 Å². The van der Waals surface area contributed by atoms with Gasteiger partial charge in [-0.05, 0) is 49.4 Å². The van der Waals surface area contributed by atoms with Gasteiger partial charge in [-0.15, -0.1) is 0 Å². The van der Waals surface area contributed by atoms with Crippen LogP contribution < -0.4 is 0 Å². The summed E-state index contributed by atoms with van der Waals surface area (Å²) in [5.74, 6) is -0.440. The van der Waals surface area contributed by atoms with Gasteiger partial charge in [-0.1, -0.05) is 34.1 Å². The molecule has 4 heteroatoms. The molecule has 0 unspecified atom stereocenters. The van der Waals surface area contributed by atoms with E-state index in [1.165, 1.54) is 0 Å². The maximum absolute atomic E-state index is 10.7. The summed E-state index contributed by atoms with van der Waals surface area (Å²) in [6.45, 7) is 8.75. The molecular formula is C17H32O4. The number of rotatable bonds is 12. The van der Waals surface area contributed by atoms with Crippen molar-refractivity contribution >= 4 is 11.9 Å². The highest BCUT2D eigenvalue weighted by molar-refractivity contribution is 5.66. The summed E-state index contributed by atoms with van der Waals surface area (Å²) in [6, 6.07) is 0. The fraction of sp³-hybridized carbons (Fsp3) is 0.882. The zero-order valence-electron chi connectivity index (χ0n) is 14.0. The molecule has 0 aliphatic rings. The lowest BCUT2D eigenvalue weighted by Gasteiger charge is -2.39. The van der Waals surface area contributed by atoms with Gasteiger partial charge in [0.15, 0.2) is 0 Å². The number of aliphatic carboxylic acids is 2. The molecule has 4 nitrogen and oxygen atoms in total. The molecule has 0 aromatic heterocycles. The Kier molecular flexibility index (Phi) is 9.31. The Morgan fingerprint density at radius 1 is 0.857 bits per heavy atom. The van der Waals surface area contributed by atoms with E-state index in [-0.39, 0.29) is 18.3 Å². The zero-order valence-corrected chi connectivity index (χ0v) is 14.0. The van der Waals surface area contributed by atoms with Gasteiger partial charge in [0.1, 0.15) is 0 Å². The molecular weight excluding hydrogens is 268 g/mol. The van der Waals surface area contributed by atoms with Crippen LogP contribution in [-0.2, 0) is 9.59 Å². The van der Waals surface area contributed by atoms with Gasteiger partial charge in [0, 0.05) is 12.8 Å². The fourth-order valence-corrected chi connectivity index (χ4v) is 3.00. The minimum absolute atomic E-state index is 0.0785. The van der Waals surface area contributed by atoms with Gasteiger partial charge in [0.05, 0.1) is 0 Å². The SMILES string of the molecule is CC(C)CCC(CCCC(=O)O)(CCCC(=O)O)C(C)C. The summed E-state index contributed by atoms with van der Waals surface area (Å²) in [5.41, 5.74) is 0.0785. The predicted molar refractivity (Wildman–Crippen MR) is 84.3 cm³/mol. The summed E-state index contributed by atoms with van der Waals surface area (Å²) in [5, 5.41) is 17.7. The van der Waals surface area contributed by atoms with Crippen molar-refractivity contribution in [3.05, 3.63) is 0 Å². The Balaban J connectivity index is 4.76. The van der Waals surface area contributed by atoms with Crippen molar-refractivity contribution in [1.82, 2.24) is 0 Å². The zero-order chi connectivity index (χ0) is 16.5. The van der Waals surface area contributed by atoms with Crippen molar-refractivity contribution < 1.29 is 19.8 Å². The highest BCUT2D eigenvalue weighted by atomic mass is 16.4. The molecule has 0 amide bonds. The van der Waals surface area contributed by atoms with Gasteiger partial charge in [0.2, 0.25) is 0 Å². The topological polar surface area (TPSA) is 74.6 Å². The number of carboxylic acid groups (broad SMARTS) is 2. The molecule has 0 radical (unpaired) electrons. The third-order valence-electron chi connectivity index (χ3n) is 4.57. The fourth-order valence-electron chi connectivity index (χ4n) is 3.00. The van der Waals surface area contributed by atoms with E-state index >= 15 is 0 Å². The molecule has 0 aliphatic carbocycles. The third kappa shape index (κ3) is 8.74. The van der Waals surface area contributed by atoms with Gasteiger partial charge in [-0.2, -0.15) is 0 Å². The Labute approximate surface area is 128 Å². The molecule has 21 heavy (non-hydrogen) atoms. The largest absolute Gasteiger partial charge is 0.481 e. The lowest BCUT2D eigenvalue weighted by Crippen LogP contribution is -2.28. The Morgan fingerprint density at radius 2 is 1.29 bits per heavy atom. The first-order valence-corrected chi connectivity index (χ1v) is 8.13. The van der Waals surface area contributed by atoms with Gasteiger partial charge in [-0.25, -0.2) is 0 Å². The molecule has 0 fully saturated rings. The monoisotopic (exact) mass is 300 g/mol. The molecule has 0 aliphatic heterocycles. The van der Waals surface area contributed by atoms with E-state index < -0.39 is 11.9 Å². The van der Waals surface area contributed by atoms with E-state index in [0.717, 1.165) is 25.7 Å². The molecule has 0 bridgehead atoms. The van der Waals surface area contributed by atoms with Crippen molar-refractivity contribution in [3.63, 3.8) is 0 Å². The van der Waals surface area contributed by atoms with Crippen LogP contribution in [0.3, 0.4) is 0 Å². The van der Waals surface area contributed by atoms with Crippen molar-refractivity contribution in [1.29, 1.82) is 0 Å². The first kappa shape index (κ1) is 19.9. The number of hydrogen-bond acceptors (Lipinski definition) is 2. The highest BCUT2D eigenvalue weighted by Gasteiger charge is 2.32. The van der Waals surface area contributed by atoms with Crippen LogP contribution in [0.25, 0.3) is 0 Å². The van der Waals surface area contributed by atoms with Crippen LogP contribution in [0, 0.1) is 17.3 Å². The van der Waals surface area contributed by atoms with Crippen molar-refractivity contribution in [2.45, 2.75) is 79.1 Å². The first-order valence-electron chi connectivity index (χ1n) is 8.13. The number of carbonyl (C=O) groups is 2. The lowest BCUT2D eigenvalue weighted by atomic mass is 9.66. The smallest absolute Gasteiger partial charge is 0.303 e. The third-order valence-corrected chi connectivity index (χ3v) is 4.57. The average molecular weight is 300 g/mol. The van der Waals surface area contributed by atoms with Gasteiger partial charge >= 0.3 is 11.9 Å². The summed E-state index contributed by atoms with van der Waals surface area (Å²) < 4.78 is 0. The standard InChI is InChI=1S/C17H32O4/c1-13(2)9-12-17(14(3)4,10-5-7-15(18)19)11-6-8-16(20)21/h13-14H,5-12H2,1-4H3,(H,18,19)(H,20,21). The molecule has 2 N–H and O–H groups in total. The molecule has 0 spiro atoms. The Bertz CT molecular complexity index is 301. The molecule has 0 atom stereocenters. The van der Waals surface area contributed by atoms with E-state index in [0.29, 0.717) is 24.7 Å². The second-order valence-corrected chi connectivity index (χ2v) is 6.94. The van der Waals surface area contributed by atoms with Crippen LogP contribution in [0.2, 0.25) is 0 Å². The second kappa shape index (κ2) is 9.80. The van der Waals surface area contributed by atoms with Gasteiger partial charge < -0.3 is 10.2 Å². The molecule has 0 aromatic rings. The van der Waals surface area contributed by atoms with Crippen LogP contribution in [0.1, 0.15) is 79.1 Å². The summed E-state index contributed by atoms with van der Waals surface area (Å²) >= 11 is 0. The average Bonchev–Trinajstić information content (AvgIpc) is 2.33. The molecule has 0 aromatic carbocycles. The normalized spacial score (nSPS) is 12.1. The van der Waals surface area contributed by atoms with E-state index in [9.17, 15) is 9.59 Å². The first-order chi connectivity index (χ1) is 9.69. The summed E-state index contributed by atoms with van der Waals surface area (Å²) in [4.78, 5) is 21.5. The van der Waals surface area contributed by atoms with Crippen LogP contribution in [0.5, 0.6) is 0 Å². The van der Waals surface area contributed by atoms with Crippen LogP contribution in [-0.4, -0.2) is 22.2 Å².